The third-order valence-electron chi connectivity index (χ3n) is 3.73. The molecule has 3 N–H and O–H groups in total. The van der Waals surface area contributed by atoms with Gasteiger partial charge in [-0.05, 0) is 36.8 Å². The molecule has 0 atom stereocenters. The lowest BCUT2D eigenvalue weighted by molar-refractivity contribution is -0.137. The number of aromatic nitrogens is 3. The van der Waals surface area contributed by atoms with E-state index in [-0.39, 0.29) is 18.2 Å². The fourth-order valence-electron chi connectivity index (χ4n) is 2.44. The Balaban J connectivity index is 1.92. The first kappa shape index (κ1) is 19.6. The largest absolute Gasteiger partial charge is 0.416 e. The molecule has 0 aliphatic heterocycles. The Kier molecular flexibility index (Phi) is 6.05. The number of halogens is 3. The van der Waals surface area contributed by atoms with Crippen LogP contribution in [-0.2, 0) is 6.18 Å². The van der Waals surface area contributed by atoms with Crippen molar-refractivity contribution in [1.29, 1.82) is 0 Å². The van der Waals surface area contributed by atoms with Crippen molar-refractivity contribution < 1.29 is 18.3 Å². The summed E-state index contributed by atoms with van der Waals surface area (Å²) in [4.78, 5) is 12.9. The molecule has 0 aliphatic carbocycles. The van der Waals surface area contributed by atoms with Crippen LogP contribution in [0.4, 0.5) is 30.6 Å². The Hall–Kier alpha value is -3.20. The van der Waals surface area contributed by atoms with E-state index in [0.29, 0.717) is 30.2 Å². The number of hydrogen-bond donors (Lipinski definition) is 3. The molecule has 28 heavy (non-hydrogen) atoms. The normalized spacial score (nSPS) is 11.3. The summed E-state index contributed by atoms with van der Waals surface area (Å²) in [6, 6.07) is 11.8. The van der Waals surface area contributed by atoms with Crippen LogP contribution in [0.25, 0.3) is 11.4 Å². The molecule has 0 saturated heterocycles. The smallest absolute Gasteiger partial charge is 0.396 e. The number of anilines is 3. The summed E-state index contributed by atoms with van der Waals surface area (Å²) in [7, 11) is 0. The van der Waals surface area contributed by atoms with Crippen LogP contribution < -0.4 is 10.6 Å². The second-order valence-corrected chi connectivity index (χ2v) is 5.88. The number of benzene rings is 1. The molecule has 0 fully saturated rings. The van der Waals surface area contributed by atoms with Gasteiger partial charge in [-0.2, -0.15) is 18.2 Å². The standard InChI is InChI=1S/C19H18F3N5O/c20-19(21,22)13-5-3-6-14(11-13)25-17-12-16(15-7-1-2-8-23-15)26-18(27-17)24-9-4-10-28/h1-3,5-8,11-12,28H,4,9-10H2,(H2,24,25,26,27). The molecular formula is C19H18F3N5O. The van der Waals surface area contributed by atoms with E-state index in [2.05, 4.69) is 25.6 Å². The van der Waals surface area contributed by atoms with Gasteiger partial charge in [0, 0.05) is 31.1 Å². The molecule has 0 aliphatic rings. The van der Waals surface area contributed by atoms with Crippen molar-refractivity contribution >= 4 is 17.5 Å². The van der Waals surface area contributed by atoms with Gasteiger partial charge >= 0.3 is 6.18 Å². The van der Waals surface area contributed by atoms with Crippen LogP contribution in [-0.4, -0.2) is 33.2 Å². The summed E-state index contributed by atoms with van der Waals surface area (Å²) in [5.41, 5.74) is 0.610. The monoisotopic (exact) mass is 389 g/mol. The highest BCUT2D eigenvalue weighted by molar-refractivity contribution is 5.65. The van der Waals surface area contributed by atoms with Gasteiger partial charge in [0.25, 0.3) is 0 Å². The van der Waals surface area contributed by atoms with E-state index >= 15 is 0 Å². The van der Waals surface area contributed by atoms with Crippen molar-refractivity contribution in [3.8, 4) is 11.4 Å². The highest BCUT2D eigenvalue weighted by atomic mass is 19.4. The minimum absolute atomic E-state index is 0.0161. The molecule has 6 nitrogen and oxygen atoms in total. The van der Waals surface area contributed by atoms with Crippen LogP contribution in [0.15, 0.2) is 54.7 Å². The molecule has 3 rings (SSSR count). The predicted molar refractivity (Wildman–Crippen MR) is 100 cm³/mol. The molecule has 2 aromatic heterocycles. The van der Waals surface area contributed by atoms with Gasteiger partial charge in [-0.3, -0.25) is 4.98 Å². The third-order valence-corrected chi connectivity index (χ3v) is 3.73. The Bertz CT molecular complexity index is 919. The molecule has 0 saturated carbocycles. The van der Waals surface area contributed by atoms with Gasteiger partial charge in [0.1, 0.15) is 5.82 Å². The fraction of sp³-hybridized carbons (Fsp3) is 0.211. The van der Waals surface area contributed by atoms with Gasteiger partial charge in [0.15, 0.2) is 0 Å². The van der Waals surface area contributed by atoms with Gasteiger partial charge < -0.3 is 15.7 Å². The summed E-state index contributed by atoms with van der Waals surface area (Å²) in [5.74, 6) is 0.604. The van der Waals surface area contributed by atoms with Crippen LogP contribution in [0.5, 0.6) is 0 Å². The number of hydrogen-bond acceptors (Lipinski definition) is 6. The summed E-state index contributed by atoms with van der Waals surface area (Å²) in [6.45, 7) is 0.466. The molecular weight excluding hydrogens is 371 g/mol. The summed E-state index contributed by atoms with van der Waals surface area (Å²) in [5, 5.41) is 14.8. The van der Waals surface area contributed by atoms with Gasteiger partial charge in [0.2, 0.25) is 5.95 Å². The van der Waals surface area contributed by atoms with Gasteiger partial charge in [0.05, 0.1) is 17.0 Å². The molecule has 9 heteroatoms. The van der Waals surface area contributed by atoms with Gasteiger partial charge in [-0.1, -0.05) is 12.1 Å². The predicted octanol–water partition coefficient (Wildman–Crippen LogP) is 4.10. The molecule has 0 amide bonds. The summed E-state index contributed by atoms with van der Waals surface area (Å²) < 4.78 is 38.8. The second-order valence-electron chi connectivity index (χ2n) is 5.88. The highest BCUT2D eigenvalue weighted by Gasteiger charge is 2.30. The molecule has 0 spiro atoms. The zero-order valence-corrected chi connectivity index (χ0v) is 14.7. The van der Waals surface area contributed by atoms with Crippen molar-refractivity contribution in [2.45, 2.75) is 12.6 Å². The topological polar surface area (TPSA) is 83.0 Å². The van der Waals surface area contributed by atoms with Crippen molar-refractivity contribution in [1.82, 2.24) is 15.0 Å². The summed E-state index contributed by atoms with van der Waals surface area (Å²) in [6.07, 6.45) is -2.30. The first-order chi connectivity index (χ1) is 13.5. The number of aliphatic hydroxyl groups is 1. The van der Waals surface area contributed by atoms with Crippen LogP contribution in [0.3, 0.4) is 0 Å². The van der Waals surface area contributed by atoms with E-state index in [0.717, 1.165) is 12.1 Å². The number of nitrogens with one attached hydrogen (secondary N) is 2. The maximum Gasteiger partial charge on any atom is 0.416 e. The minimum Gasteiger partial charge on any atom is -0.396 e. The van der Waals surface area contributed by atoms with E-state index in [1.54, 1.807) is 24.4 Å². The number of nitrogens with zero attached hydrogens (tertiary/aromatic N) is 3. The van der Waals surface area contributed by atoms with E-state index in [1.165, 1.54) is 12.1 Å². The zero-order valence-electron chi connectivity index (χ0n) is 14.7. The summed E-state index contributed by atoms with van der Waals surface area (Å²) >= 11 is 0. The molecule has 0 unspecified atom stereocenters. The van der Waals surface area contributed by atoms with E-state index < -0.39 is 11.7 Å². The van der Waals surface area contributed by atoms with Crippen molar-refractivity contribution in [3.63, 3.8) is 0 Å². The maximum absolute atomic E-state index is 12.9. The molecule has 0 bridgehead atoms. The van der Waals surface area contributed by atoms with Gasteiger partial charge in [-0.25, -0.2) is 4.98 Å². The van der Waals surface area contributed by atoms with Gasteiger partial charge in [-0.15, -0.1) is 0 Å². The Morgan fingerprint density at radius 1 is 0.964 bits per heavy atom. The SMILES string of the molecule is OCCCNc1nc(Nc2cccc(C(F)(F)F)c2)cc(-c2ccccn2)n1. The zero-order chi connectivity index (χ0) is 20.0. The second kappa shape index (κ2) is 8.66. The van der Waals surface area contributed by atoms with Crippen LogP contribution in [0, 0.1) is 0 Å². The molecule has 146 valence electrons. The lowest BCUT2D eigenvalue weighted by Gasteiger charge is -2.12. The first-order valence-corrected chi connectivity index (χ1v) is 8.55. The molecule has 0 radical (unpaired) electrons. The number of alkyl halides is 3. The maximum atomic E-state index is 12.9. The molecule has 2 heterocycles. The average molecular weight is 389 g/mol. The third kappa shape index (κ3) is 5.17. The lowest BCUT2D eigenvalue weighted by atomic mass is 10.2. The quantitative estimate of drug-likeness (QED) is 0.528. The van der Waals surface area contributed by atoms with Crippen molar-refractivity contribution in [2.24, 2.45) is 0 Å². The number of rotatable bonds is 7. The molecule has 3 aromatic rings. The first-order valence-electron chi connectivity index (χ1n) is 8.55. The number of aliphatic hydroxyl groups excluding tert-OH is 1. The van der Waals surface area contributed by atoms with Crippen molar-refractivity contribution in [3.05, 3.63) is 60.3 Å². The van der Waals surface area contributed by atoms with E-state index in [4.69, 9.17) is 5.11 Å². The average Bonchev–Trinajstić information content (AvgIpc) is 2.68. The van der Waals surface area contributed by atoms with Crippen molar-refractivity contribution in [2.75, 3.05) is 23.8 Å². The van der Waals surface area contributed by atoms with Crippen LogP contribution in [0.2, 0.25) is 0 Å². The van der Waals surface area contributed by atoms with Crippen LogP contribution in [0.1, 0.15) is 12.0 Å². The van der Waals surface area contributed by atoms with E-state index in [9.17, 15) is 13.2 Å². The lowest BCUT2D eigenvalue weighted by Crippen LogP contribution is -2.09. The van der Waals surface area contributed by atoms with E-state index in [1.807, 2.05) is 6.07 Å². The van der Waals surface area contributed by atoms with Crippen LogP contribution >= 0.6 is 0 Å². The minimum atomic E-state index is -4.43. The Morgan fingerprint density at radius 2 is 1.82 bits per heavy atom. The highest BCUT2D eigenvalue weighted by Crippen LogP contribution is 2.31. The Labute approximate surface area is 159 Å². The fourth-order valence-corrected chi connectivity index (χ4v) is 2.44. The molecule has 1 aromatic carbocycles. The number of pyridine rings is 1. The Morgan fingerprint density at radius 3 is 2.54 bits per heavy atom.